The summed E-state index contributed by atoms with van der Waals surface area (Å²) in [6, 6.07) is 19.9. The standard InChI is InChI=1S/C24H28O/c1-4-25-23-15-18-14-22(23)24(16-18,17(2)3)21-13-9-8-12-20(21)19-10-6-5-7-11-19/h4-13,17-18,22-23H,1,14-16H2,2-3H3. The number of ether oxygens (including phenoxy) is 1. The Labute approximate surface area is 151 Å². The van der Waals surface area contributed by atoms with Crippen LogP contribution in [0.3, 0.4) is 0 Å². The van der Waals surface area contributed by atoms with Crippen molar-refractivity contribution in [2.45, 2.75) is 44.6 Å². The van der Waals surface area contributed by atoms with E-state index in [0.29, 0.717) is 17.9 Å². The van der Waals surface area contributed by atoms with Crippen molar-refractivity contribution < 1.29 is 4.74 Å². The van der Waals surface area contributed by atoms with E-state index < -0.39 is 0 Å². The summed E-state index contributed by atoms with van der Waals surface area (Å²) in [5.41, 5.74) is 4.42. The molecule has 2 aromatic carbocycles. The Bertz CT molecular complexity index is 748. The predicted molar refractivity (Wildman–Crippen MR) is 104 cm³/mol. The third-order valence-electron chi connectivity index (χ3n) is 6.70. The van der Waals surface area contributed by atoms with Gasteiger partial charge in [-0.25, -0.2) is 0 Å². The molecule has 130 valence electrons. The fourth-order valence-corrected chi connectivity index (χ4v) is 5.75. The zero-order valence-electron chi connectivity index (χ0n) is 15.3. The third-order valence-corrected chi connectivity index (χ3v) is 6.70. The average molecular weight is 332 g/mol. The minimum atomic E-state index is 0.197. The third kappa shape index (κ3) is 2.52. The van der Waals surface area contributed by atoms with Gasteiger partial charge in [-0.15, -0.1) is 0 Å². The number of benzene rings is 2. The Morgan fingerprint density at radius 1 is 1.04 bits per heavy atom. The van der Waals surface area contributed by atoms with Crippen LogP contribution < -0.4 is 0 Å². The molecule has 0 saturated heterocycles. The van der Waals surface area contributed by atoms with E-state index in [9.17, 15) is 0 Å². The first-order valence-corrected chi connectivity index (χ1v) is 9.58. The van der Waals surface area contributed by atoms with Crippen LogP contribution in [0.15, 0.2) is 67.4 Å². The monoisotopic (exact) mass is 332 g/mol. The molecule has 25 heavy (non-hydrogen) atoms. The van der Waals surface area contributed by atoms with Crippen LogP contribution in [-0.4, -0.2) is 6.10 Å². The van der Waals surface area contributed by atoms with Gasteiger partial charge in [-0.3, -0.25) is 0 Å². The second-order valence-electron chi connectivity index (χ2n) is 8.10. The van der Waals surface area contributed by atoms with Crippen LogP contribution in [0.1, 0.15) is 38.7 Å². The molecular formula is C24H28O. The quantitative estimate of drug-likeness (QED) is 0.592. The average Bonchev–Trinajstić information content (AvgIpc) is 3.21. The van der Waals surface area contributed by atoms with Crippen molar-refractivity contribution in [1.29, 1.82) is 0 Å². The smallest absolute Gasteiger partial charge is 0.102 e. The van der Waals surface area contributed by atoms with Gasteiger partial charge in [0.05, 0.1) is 6.26 Å². The maximum absolute atomic E-state index is 5.97. The van der Waals surface area contributed by atoms with E-state index >= 15 is 0 Å². The van der Waals surface area contributed by atoms with Crippen LogP contribution in [0.25, 0.3) is 11.1 Å². The molecule has 2 fully saturated rings. The lowest BCUT2D eigenvalue weighted by Crippen LogP contribution is -2.44. The Morgan fingerprint density at radius 2 is 1.76 bits per heavy atom. The molecule has 4 atom stereocenters. The second-order valence-corrected chi connectivity index (χ2v) is 8.10. The molecule has 2 aromatic rings. The summed E-state index contributed by atoms with van der Waals surface area (Å²) >= 11 is 0. The van der Waals surface area contributed by atoms with Crippen molar-refractivity contribution in [3.8, 4) is 11.1 Å². The Morgan fingerprint density at radius 3 is 2.44 bits per heavy atom. The van der Waals surface area contributed by atoms with Crippen molar-refractivity contribution in [3.05, 3.63) is 73.0 Å². The van der Waals surface area contributed by atoms with Gasteiger partial charge in [0.2, 0.25) is 0 Å². The molecule has 1 heteroatoms. The summed E-state index contributed by atoms with van der Waals surface area (Å²) in [5.74, 6) is 1.95. The summed E-state index contributed by atoms with van der Waals surface area (Å²) in [6.45, 7) is 8.61. The maximum Gasteiger partial charge on any atom is 0.102 e. The Balaban J connectivity index is 1.86. The fraction of sp³-hybridized carbons (Fsp3) is 0.417. The normalized spacial score (nSPS) is 30.6. The van der Waals surface area contributed by atoms with Gasteiger partial charge in [0.1, 0.15) is 6.10 Å². The lowest BCUT2D eigenvalue weighted by atomic mass is 9.60. The first-order valence-electron chi connectivity index (χ1n) is 9.58. The molecule has 2 saturated carbocycles. The van der Waals surface area contributed by atoms with E-state index in [2.05, 4.69) is 75.0 Å². The van der Waals surface area contributed by atoms with Gasteiger partial charge in [-0.1, -0.05) is 75.0 Å². The highest BCUT2D eigenvalue weighted by Gasteiger charge is 2.58. The van der Waals surface area contributed by atoms with Gasteiger partial charge in [-0.05, 0) is 47.8 Å². The topological polar surface area (TPSA) is 9.23 Å². The molecule has 1 nitrogen and oxygen atoms in total. The molecular weight excluding hydrogens is 304 g/mol. The molecule has 0 heterocycles. The van der Waals surface area contributed by atoms with Crippen LogP contribution in [0.5, 0.6) is 0 Å². The summed E-state index contributed by atoms with van der Waals surface area (Å²) in [5, 5.41) is 0. The zero-order valence-corrected chi connectivity index (χ0v) is 15.3. The summed E-state index contributed by atoms with van der Waals surface area (Å²) in [6.07, 6.45) is 5.75. The highest BCUT2D eigenvalue weighted by atomic mass is 16.5. The van der Waals surface area contributed by atoms with Gasteiger partial charge in [0.25, 0.3) is 0 Å². The van der Waals surface area contributed by atoms with Crippen molar-refractivity contribution in [2.75, 3.05) is 0 Å². The molecule has 0 N–H and O–H groups in total. The SMILES string of the molecule is C=COC1CC2CC1C(c1ccccc1-c1ccccc1)(C(C)C)C2. The van der Waals surface area contributed by atoms with E-state index in [1.165, 1.54) is 36.0 Å². The van der Waals surface area contributed by atoms with E-state index in [4.69, 9.17) is 4.74 Å². The van der Waals surface area contributed by atoms with Crippen molar-refractivity contribution in [1.82, 2.24) is 0 Å². The summed E-state index contributed by atoms with van der Waals surface area (Å²) < 4.78 is 5.97. The molecule has 4 unspecified atom stereocenters. The lowest BCUT2D eigenvalue weighted by molar-refractivity contribution is 0.0298. The van der Waals surface area contributed by atoms with Crippen LogP contribution in [0, 0.1) is 17.8 Å². The van der Waals surface area contributed by atoms with E-state index in [1.54, 1.807) is 6.26 Å². The maximum atomic E-state index is 5.97. The van der Waals surface area contributed by atoms with E-state index in [0.717, 1.165) is 5.92 Å². The second kappa shape index (κ2) is 6.37. The first-order chi connectivity index (χ1) is 12.2. The van der Waals surface area contributed by atoms with Crippen molar-refractivity contribution in [2.24, 2.45) is 17.8 Å². The highest BCUT2D eigenvalue weighted by molar-refractivity contribution is 5.69. The number of rotatable bonds is 5. The summed E-state index contributed by atoms with van der Waals surface area (Å²) in [4.78, 5) is 0. The van der Waals surface area contributed by atoms with Crippen LogP contribution >= 0.6 is 0 Å². The number of hydrogen-bond acceptors (Lipinski definition) is 1. The van der Waals surface area contributed by atoms with Crippen LogP contribution in [0.2, 0.25) is 0 Å². The van der Waals surface area contributed by atoms with Gasteiger partial charge in [0.15, 0.2) is 0 Å². The lowest BCUT2D eigenvalue weighted by Gasteiger charge is -2.46. The van der Waals surface area contributed by atoms with Crippen LogP contribution in [0.4, 0.5) is 0 Å². The molecule has 0 radical (unpaired) electrons. The molecule has 2 aliphatic rings. The largest absolute Gasteiger partial charge is 0.498 e. The number of hydrogen-bond donors (Lipinski definition) is 0. The van der Waals surface area contributed by atoms with E-state index in [1.807, 2.05) is 0 Å². The van der Waals surface area contributed by atoms with Gasteiger partial charge < -0.3 is 4.74 Å². The van der Waals surface area contributed by atoms with Gasteiger partial charge in [-0.2, -0.15) is 0 Å². The predicted octanol–water partition coefficient (Wildman–Crippen LogP) is 6.21. The fourth-order valence-electron chi connectivity index (χ4n) is 5.75. The zero-order chi connectivity index (χ0) is 17.4. The first kappa shape index (κ1) is 16.4. The van der Waals surface area contributed by atoms with Crippen LogP contribution in [-0.2, 0) is 10.2 Å². The minimum absolute atomic E-state index is 0.197. The highest BCUT2D eigenvalue weighted by Crippen LogP contribution is 2.62. The number of fused-ring (bicyclic) bond motifs is 2. The summed E-state index contributed by atoms with van der Waals surface area (Å²) in [7, 11) is 0. The van der Waals surface area contributed by atoms with Gasteiger partial charge >= 0.3 is 0 Å². The van der Waals surface area contributed by atoms with Gasteiger partial charge in [0, 0.05) is 11.3 Å². The Kier molecular flexibility index (Phi) is 4.19. The Hall–Kier alpha value is -2.02. The molecule has 4 rings (SSSR count). The molecule has 2 bridgehead atoms. The van der Waals surface area contributed by atoms with E-state index in [-0.39, 0.29) is 5.41 Å². The molecule has 2 aliphatic carbocycles. The molecule has 0 amide bonds. The molecule has 0 spiro atoms. The molecule has 0 aromatic heterocycles. The molecule has 0 aliphatic heterocycles. The minimum Gasteiger partial charge on any atom is -0.498 e. The van der Waals surface area contributed by atoms with Crippen molar-refractivity contribution >= 4 is 0 Å². The van der Waals surface area contributed by atoms with Crippen molar-refractivity contribution in [3.63, 3.8) is 0 Å².